The Labute approximate surface area is 176 Å². The van der Waals surface area contributed by atoms with Crippen LogP contribution in [0.5, 0.6) is 0 Å². The van der Waals surface area contributed by atoms with E-state index in [2.05, 4.69) is 16.0 Å². The smallest absolute Gasteiger partial charge is 0.325 e. The van der Waals surface area contributed by atoms with Crippen molar-refractivity contribution < 1.29 is 34.2 Å². The predicted molar refractivity (Wildman–Crippen MR) is 108 cm³/mol. The maximum Gasteiger partial charge on any atom is 0.325 e. The maximum absolute atomic E-state index is 12.8. The normalized spacial score (nSPS) is 16.0. The van der Waals surface area contributed by atoms with Crippen molar-refractivity contribution in [2.24, 2.45) is 17.6 Å². The van der Waals surface area contributed by atoms with Crippen molar-refractivity contribution in [1.82, 2.24) is 16.0 Å². The molecule has 0 radical (unpaired) electrons. The Morgan fingerprint density at radius 3 is 1.87 bits per heavy atom. The summed E-state index contributed by atoms with van der Waals surface area (Å²) < 4.78 is 0. The number of amides is 3. The summed E-state index contributed by atoms with van der Waals surface area (Å²) in [6.07, 6.45) is 0.176. The number of carbonyl (C=O) groups is 5. The van der Waals surface area contributed by atoms with Crippen molar-refractivity contribution in [2.75, 3.05) is 0 Å². The molecule has 0 aromatic rings. The number of carboxylic acid groups (broad SMARTS) is 2. The average Bonchev–Trinajstić information content (AvgIpc) is 2.63. The van der Waals surface area contributed by atoms with Crippen LogP contribution in [0.4, 0.5) is 0 Å². The average molecular weight is 431 g/mol. The minimum absolute atomic E-state index is 0.000319. The molecule has 172 valence electrons. The molecular weight excluding hydrogens is 396 g/mol. The minimum Gasteiger partial charge on any atom is -0.481 e. The topological polar surface area (TPSA) is 188 Å². The largest absolute Gasteiger partial charge is 0.481 e. The molecule has 0 aromatic heterocycles. The number of hydrogen-bond donors (Lipinski definition) is 6. The predicted octanol–water partition coefficient (Wildman–Crippen LogP) is -0.560. The molecule has 0 aromatic carbocycles. The molecule has 3 amide bonds. The van der Waals surface area contributed by atoms with Gasteiger partial charge >= 0.3 is 11.9 Å². The molecule has 5 unspecified atom stereocenters. The van der Waals surface area contributed by atoms with Gasteiger partial charge in [0.2, 0.25) is 17.7 Å². The third kappa shape index (κ3) is 9.68. The van der Waals surface area contributed by atoms with Gasteiger partial charge in [-0.2, -0.15) is 0 Å². The minimum atomic E-state index is -1.32. The van der Waals surface area contributed by atoms with Crippen molar-refractivity contribution in [3.8, 4) is 0 Å². The number of carboxylic acids is 2. The molecule has 0 rings (SSSR count). The lowest BCUT2D eigenvalue weighted by molar-refractivity contribution is -0.142. The Kier molecular flexibility index (Phi) is 11.6. The van der Waals surface area contributed by atoms with Gasteiger partial charge in [-0.15, -0.1) is 0 Å². The third-order valence-electron chi connectivity index (χ3n) is 4.59. The molecule has 0 saturated heterocycles. The van der Waals surface area contributed by atoms with Crippen molar-refractivity contribution in [1.29, 1.82) is 0 Å². The first-order valence-electron chi connectivity index (χ1n) is 9.91. The van der Waals surface area contributed by atoms with Gasteiger partial charge in [-0.3, -0.25) is 24.0 Å². The van der Waals surface area contributed by atoms with E-state index >= 15 is 0 Å². The number of rotatable bonds is 13. The van der Waals surface area contributed by atoms with Crippen LogP contribution in [-0.4, -0.2) is 64.0 Å². The van der Waals surface area contributed by atoms with E-state index in [9.17, 15) is 24.0 Å². The number of aliphatic carboxylic acids is 2. The molecule has 0 aliphatic rings. The Balaban J connectivity index is 5.42. The second kappa shape index (κ2) is 12.8. The van der Waals surface area contributed by atoms with Gasteiger partial charge in [0.25, 0.3) is 0 Å². The summed E-state index contributed by atoms with van der Waals surface area (Å²) in [5, 5.41) is 25.1. The summed E-state index contributed by atoms with van der Waals surface area (Å²) in [6.45, 7) is 8.51. The lowest BCUT2D eigenvalue weighted by Gasteiger charge is -2.28. The lowest BCUT2D eigenvalue weighted by atomic mass is 9.96. The van der Waals surface area contributed by atoms with E-state index in [0.29, 0.717) is 6.42 Å². The first-order chi connectivity index (χ1) is 13.8. The van der Waals surface area contributed by atoms with Gasteiger partial charge in [-0.25, -0.2) is 0 Å². The third-order valence-corrected chi connectivity index (χ3v) is 4.59. The Morgan fingerprint density at radius 1 is 0.867 bits per heavy atom. The standard InChI is InChI=1S/C19H34N4O7/c1-6-10(4)15(18(28)21-11(5)19(29)30)23-17(27)13(7-9(2)3)22-16(26)12(20)8-14(24)25/h9-13,15H,6-8,20H2,1-5H3,(H,21,28)(H,22,26)(H,23,27)(H,24,25)(H,29,30). The fraction of sp³-hybridized carbons (Fsp3) is 0.737. The number of nitrogens with two attached hydrogens (primary N) is 1. The zero-order chi connectivity index (χ0) is 23.6. The van der Waals surface area contributed by atoms with Gasteiger partial charge in [0.15, 0.2) is 0 Å². The van der Waals surface area contributed by atoms with Crippen LogP contribution in [0.15, 0.2) is 0 Å². The highest BCUT2D eigenvalue weighted by molar-refractivity contribution is 5.94. The molecule has 11 nitrogen and oxygen atoms in total. The zero-order valence-electron chi connectivity index (χ0n) is 18.1. The number of hydrogen-bond acceptors (Lipinski definition) is 6. The van der Waals surface area contributed by atoms with E-state index in [-0.39, 0.29) is 18.3 Å². The molecule has 11 heteroatoms. The van der Waals surface area contributed by atoms with Crippen LogP contribution in [0.3, 0.4) is 0 Å². The van der Waals surface area contributed by atoms with Crippen LogP contribution in [-0.2, 0) is 24.0 Å². The summed E-state index contributed by atoms with van der Waals surface area (Å²) in [5.41, 5.74) is 5.56. The van der Waals surface area contributed by atoms with E-state index < -0.39 is 60.2 Å². The highest BCUT2D eigenvalue weighted by Crippen LogP contribution is 2.11. The second-order valence-corrected chi connectivity index (χ2v) is 7.84. The molecule has 0 aliphatic heterocycles. The zero-order valence-corrected chi connectivity index (χ0v) is 18.1. The number of nitrogens with one attached hydrogen (secondary N) is 3. The van der Waals surface area contributed by atoms with E-state index in [1.165, 1.54) is 6.92 Å². The molecular formula is C19H34N4O7. The summed E-state index contributed by atoms with van der Waals surface area (Å²) in [4.78, 5) is 59.3. The molecule has 5 atom stereocenters. The molecule has 30 heavy (non-hydrogen) atoms. The van der Waals surface area contributed by atoms with Crippen molar-refractivity contribution in [3.63, 3.8) is 0 Å². The van der Waals surface area contributed by atoms with Gasteiger partial charge in [0, 0.05) is 0 Å². The molecule has 0 spiro atoms. The summed E-state index contributed by atoms with van der Waals surface area (Å²) >= 11 is 0. The fourth-order valence-electron chi connectivity index (χ4n) is 2.58. The summed E-state index contributed by atoms with van der Waals surface area (Å²) in [5.74, 6) is -4.84. The van der Waals surface area contributed by atoms with E-state index in [4.69, 9.17) is 15.9 Å². The first kappa shape index (κ1) is 27.3. The quantitative estimate of drug-likeness (QED) is 0.224. The SMILES string of the molecule is CCC(C)C(NC(=O)C(CC(C)C)NC(=O)C(N)CC(=O)O)C(=O)NC(C)C(=O)O. The molecule has 0 saturated carbocycles. The lowest BCUT2D eigenvalue weighted by Crippen LogP contribution is -2.58. The summed E-state index contributed by atoms with van der Waals surface area (Å²) in [6, 6.07) is -4.51. The summed E-state index contributed by atoms with van der Waals surface area (Å²) in [7, 11) is 0. The van der Waals surface area contributed by atoms with Gasteiger partial charge in [0.1, 0.15) is 18.1 Å². The molecule has 0 bridgehead atoms. The van der Waals surface area contributed by atoms with E-state index in [1.54, 1.807) is 6.92 Å². The molecule has 7 N–H and O–H groups in total. The van der Waals surface area contributed by atoms with Gasteiger partial charge in [-0.1, -0.05) is 34.1 Å². The highest BCUT2D eigenvalue weighted by Gasteiger charge is 2.32. The van der Waals surface area contributed by atoms with Gasteiger partial charge < -0.3 is 31.9 Å². The first-order valence-corrected chi connectivity index (χ1v) is 9.91. The van der Waals surface area contributed by atoms with Crippen molar-refractivity contribution in [2.45, 2.75) is 78.0 Å². The maximum atomic E-state index is 12.8. The fourth-order valence-corrected chi connectivity index (χ4v) is 2.58. The monoisotopic (exact) mass is 430 g/mol. The van der Waals surface area contributed by atoms with Gasteiger partial charge in [-0.05, 0) is 25.2 Å². The van der Waals surface area contributed by atoms with Crippen LogP contribution in [0.2, 0.25) is 0 Å². The van der Waals surface area contributed by atoms with Crippen LogP contribution in [0, 0.1) is 11.8 Å². The van der Waals surface area contributed by atoms with E-state index in [1.807, 2.05) is 20.8 Å². The Morgan fingerprint density at radius 2 is 1.43 bits per heavy atom. The van der Waals surface area contributed by atoms with Crippen LogP contribution in [0.1, 0.15) is 53.9 Å². The Hall–Kier alpha value is -2.69. The van der Waals surface area contributed by atoms with Crippen molar-refractivity contribution in [3.05, 3.63) is 0 Å². The van der Waals surface area contributed by atoms with Crippen LogP contribution < -0.4 is 21.7 Å². The van der Waals surface area contributed by atoms with Crippen LogP contribution in [0.25, 0.3) is 0 Å². The molecule has 0 heterocycles. The Bertz CT molecular complexity index is 638. The van der Waals surface area contributed by atoms with Gasteiger partial charge in [0.05, 0.1) is 12.5 Å². The van der Waals surface area contributed by atoms with Crippen molar-refractivity contribution >= 4 is 29.7 Å². The van der Waals surface area contributed by atoms with E-state index in [0.717, 1.165) is 0 Å². The molecule has 0 aliphatic carbocycles. The highest BCUT2D eigenvalue weighted by atomic mass is 16.4. The number of carbonyl (C=O) groups excluding carboxylic acids is 3. The molecule has 0 fully saturated rings. The van der Waals surface area contributed by atoms with Crippen LogP contribution >= 0.6 is 0 Å². The second-order valence-electron chi connectivity index (χ2n) is 7.84.